The van der Waals surface area contributed by atoms with Crippen LogP contribution in [0.2, 0.25) is 0 Å². The molecule has 1 fully saturated rings. The molecule has 4 rings (SSSR count). The van der Waals surface area contributed by atoms with Crippen molar-refractivity contribution < 1.29 is 22.7 Å². The van der Waals surface area contributed by atoms with Gasteiger partial charge in [0.1, 0.15) is 5.75 Å². The summed E-state index contributed by atoms with van der Waals surface area (Å²) in [6.45, 7) is 0.705. The number of nitrogens with zero attached hydrogens (tertiary/aromatic N) is 2. The molecule has 2 aromatic carbocycles. The Balaban J connectivity index is 1.43. The van der Waals surface area contributed by atoms with Gasteiger partial charge in [0.2, 0.25) is 15.9 Å². The highest BCUT2D eigenvalue weighted by atomic mass is 32.2. The Hall–Kier alpha value is -3.76. The first kappa shape index (κ1) is 25.3. The number of anilines is 1. The van der Waals surface area contributed by atoms with Gasteiger partial charge in [-0.15, -0.1) is 0 Å². The van der Waals surface area contributed by atoms with E-state index in [0.717, 1.165) is 5.56 Å². The van der Waals surface area contributed by atoms with Gasteiger partial charge in [-0.05, 0) is 60.9 Å². The Morgan fingerprint density at radius 2 is 1.86 bits per heavy atom. The van der Waals surface area contributed by atoms with Crippen molar-refractivity contribution in [1.29, 1.82) is 0 Å². The summed E-state index contributed by atoms with van der Waals surface area (Å²) in [5.41, 5.74) is 1.56. The van der Waals surface area contributed by atoms with E-state index in [1.165, 1.54) is 23.5 Å². The van der Waals surface area contributed by atoms with Crippen LogP contribution in [0.5, 0.6) is 5.75 Å². The van der Waals surface area contributed by atoms with E-state index in [0.29, 0.717) is 42.9 Å². The van der Waals surface area contributed by atoms with Gasteiger partial charge in [-0.25, -0.2) is 8.42 Å². The molecule has 2 N–H and O–H groups in total. The van der Waals surface area contributed by atoms with Crippen LogP contribution in [0.25, 0.3) is 0 Å². The van der Waals surface area contributed by atoms with Crippen molar-refractivity contribution in [3.63, 3.8) is 0 Å². The lowest BCUT2D eigenvalue weighted by atomic mass is 9.98. The number of carbonyl (C=O) groups excluding carboxylic acids is 2. The van der Waals surface area contributed by atoms with Crippen molar-refractivity contribution in [1.82, 2.24) is 14.6 Å². The van der Waals surface area contributed by atoms with Crippen molar-refractivity contribution in [3.05, 3.63) is 84.2 Å². The first-order chi connectivity index (χ1) is 17.4. The van der Waals surface area contributed by atoms with Gasteiger partial charge in [-0.3, -0.25) is 14.6 Å². The molecule has 0 unspecified atom stereocenters. The zero-order valence-corrected chi connectivity index (χ0v) is 20.7. The topological polar surface area (TPSA) is 118 Å². The fourth-order valence-corrected chi connectivity index (χ4v) is 5.60. The zero-order chi connectivity index (χ0) is 25.5. The number of hydrogen-bond acceptors (Lipinski definition) is 6. The summed E-state index contributed by atoms with van der Waals surface area (Å²) in [6.07, 6.45) is 4.43. The van der Waals surface area contributed by atoms with E-state index in [2.05, 4.69) is 15.6 Å². The minimum atomic E-state index is -3.75. The lowest BCUT2D eigenvalue weighted by molar-refractivity contribution is -0.120. The number of para-hydroxylation sites is 1. The molecule has 3 aromatic rings. The van der Waals surface area contributed by atoms with Gasteiger partial charge in [-0.1, -0.05) is 18.2 Å². The second kappa shape index (κ2) is 11.3. The third kappa shape index (κ3) is 5.89. The molecular weight excluding hydrogens is 480 g/mol. The SMILES string of the molecule is COc1ccc(S(=O)(=O)N2CCC[C@H](C(=O)Nc3ccccc3C(=O)NCc3cccnc3)C2)cc1. The third-order valence-electron chi connectivity index (χ3n) is 6.06. The highest BCUT2D eigenvalue weighted by Crippen LogP contribution is 2.26. The van der Waals surface area contributed by atoms with Crippen LogP contribution in [-0.4, -0.2) is 49.7 Å². The van der Waals surface area contributed by atoms with Crippen molar-refractivity contribution in [2.24, 2.45) is 5.92 Å². The lowest BCUT2D eigenvalue weighted by Crippen LogP contribution is -2.43. The number of methoxy groups -OCH3 is 1. The van der Waals surface area contributed by atoms with E-state index in [9.17, 15) is 18.0 Å². The largest absolute Gasteiger partial charge is 0.497 e. The van der Waals surface area contributed by atoms with Gasteiger partial charge in [0.15, 0.2) is 0 Å². The quantitative estimate of drug-likeness (QED) is 0.483. The number of hydrogen-bond donors (Lipinski definition) is 2. The van der Waals surface area contributed by atoms with Gasteiger partial charge < -0.3 is 15.4 Å². The minimum Gasteiger partial charge on any atom is -0.497 e. The number of rotatable bonds is 8. The number of pyridine rings is 1. The summed E-state index contributed by atoms with van der Waals surface area (Å²) in [4.78, 5) is 30.1. The van der Waals surface area contributed by atoms with E-state index in [1.54, 1.807) is 54.9 Å². The van der Waals surface area contributed by atoms with Gasteiger partial charge in [0.25, 0.3) is 5.91 Å². The fourth-order valence-electron chi connectivity index (χ4n) is 4.08. The number of amides is 2. The molecule has 1 aliphatic rings. The molecule has 1 saturated heterocycles. The van der Waals surface area contributed by atoms with Gasteiger partial charge in [-0.2, -0.15) is 4.31 Å². The zero-order valence-electron chi connectivity index (χ0n) is 19.9. The summed E-state index contributed by atoms with van der Waals surface area (Å²) in [5, 5.41) is 5.67. The monoisotopic (exact) mass is 508 g/mol. The maximum Gasteiger partial charge on any atom is 0.253 e. The van der Waals surface area contributed by atoms with E-state index in [4.69, 9.17) is 4.74 Å². The minimum absolute atomic E-state index is 0.0650. The Morgan fingerprint density at radius 3 is 2.58 bits per heavy atom. The molecule has 1 atom stereocenters. The second-order valence-corrected chi connectivity index (χ2v) is 10.4. The standard InChI is InChI=1S/C26H28N4O5S/c1-35-21-10-12-22(13-11-21)36(33,34)30-15-5-7-20(18-30)25(31)29-24-9-3-2-8-23(24)26(32)28-17-19-6-4-14-27-16-19/h2-4,6,8-14,16,20H,5,7,15,17-18H2,1H3,(H,28,32)(H,29,31)/t20-/m0/s1. The summed E-state index contributed by atoms with van der Waals surface area (Å²) in [5.74, 6) is -0.634. The van der Waals surface area contributed by atoms with E-state index in [-0.39, 0.29) is 23.3 Å². The smallest absolute Gasteiger partial charge is 0.253 e. The van der Waals surface area contributed by atoms with Crippen molar-refractivity contribution in [2.45, 2.75) is 24.3 Å². The average molecular weight is 509 g/mol. The van der Waals surface area contributed by atoms with Crippen LogP contribution in [0.1, 0.15) is 28.8 Å². The summed E-state index contributed by atoms with van der Waals surface area (Å²) in [7, 11) is -2.24. The molecule has 0 bridgehead atoms. The number of piperidine rings is 1. The highest BCUT2D eigenvalue weighted by molar-refractivity contribution is 7.89. The van der Waals surface area contributed by atoms with E-state index < -0.39 is 15.9 Å². The van der Waals surface area contributed by atoms with Crippen LogP contribution in [0.3, 0.4) is 0 Å². The van der Waals surface area contributed by atoms with Gasteiger partial charge >= 0.3 is 0 Å². The molecule has 1 aliphatic heterocycles. The second-order valence-electron chi connectivity index (χ2n) is 8.46. The number of sulfonamides is 1. The maximum atomic E-state index is 13.1. The first-order valence-corrected chi connectivity index (χ1v) is 13.0. The Bertz CT molecular complexity index is 1310. The first-order valence-electron chi connectivity index (χ1n) is 11.6. The van der Waals surface area contributed by atoms with Crippen molar-refractivity contribution in [2.75, 3.05) is 25.5 Å². The highest BCUT2D eigenvalue weighted by Gasteiger charge is 2.33. The van der Waals surface area contributed by atoms with Gasteiger partial charge in [0.05, 0.1) is 29.2 Å². The molecule has 36 heavy (non-hydrogen) atoms. The van der Waals surface area contributed by atoms with Crippen LogP contribution in [0.4, 0.5) is 5.69 Å². The molecule has 0 aliphatic carbocycles. The molecule has 0 radical (unpaired) electrons. The predicted molar refractivity (Wildman–Crippen MR) is 135 cm³/mol. The molecule has 2 heterocycles. The average Bonchev–Trinajstić information content (AvgIpc) is 2.92. The van der Waals surface area contributed by atoms with Crippen molar-refractivity contribution in [3.8, 4) is 5.75 Å². The third-order valence-corrected chi connectivity index (χ3v) is 7.94. The Labute approximate surface area is 210 Å². The molecule has 1 aromatic heterocycles. The Kier molecular flexibility index (Phi) is 7.97. The van der Waals surface area contributed by atoms with Crippen LogP contribution >= 0.6 is 0 Å². The molecule has 188 valence electrons. The molecule has 0 saturated carbocycles. The van der Waals surface area contributed by atoms with Crippen LogP contribution in [0, 0.1) is 5.92 Å². The number of nitrogens with one attached hydrogen (secondary N) is 2. The molecule has 9 nitrogen and oxygen atoms in total. The summed E-state index contributed by atoms with van der Waals surface area (Å²) < 4.78 is 32.7. The van der Waals surface area contributed by atoms with Gasteiger partial charge in [0, 0.05) is 32.0 Å². The van der Waals surface area contributed by atoms with E-state index in [1.807, 2.05) is 6.07 Å². The summed E-state index contributed by atoms with van der Waals surface area (Å²) >= 11 is 0. The molecule has 2 amide bonds. The maximum absolute atomic E-state index is 13.1. The lowest BCUT2D eigenvalue weighted by Gasteiger charge is -2.31. The number of benzene rings is 2. The number of carbonyl (C=O) groups is 2. The van der Waals surface area contributed by atoms with Crippen LogP contribution in [0.15, 0.2) is 78.0 Å². The van der Waals surface area contributed by atoms with Crippen LogP contribution in [-0.2, 0) is 21.4 Å². The van der Waals surface area contributed by atoms with E-state index >= 15 is 0 Å². The fraction of sp³-hybridized carbons (Fsp3) is 0.269. The molecule has 10 heteroatoms. The normalized spacial score (nSPS) is 16.2. The number of ether oxygens (including phenoxy) is 1. The number of aromatic nitrogens is 1. The Morgan fingerprint density at radius 1 is 1.08 bits per heavy atom. The molecule has 0 spiro atoms. The van der Waals surface area contributed by atoms with Crippen LogP contribution < -0.4 is 15.4 Å². The summed E-state index contributed by atoms with van der Waals surface area (Å²) in [6, 6.07) is 16.6. The van der Waals surface area contributed by atoms with Crippen molar-refractivity contribution >= 4 is 27.5 Å². The molecular formula is C26H28N4O5S. The predicted octanol–water partition coefficient (Wildman–Crippen LogP) is 3.06.